The second kappa shape index (κ2) is 4.23. The van der Waals surface area contributed by atoms with E-state index in [1.165, 1.54) is 6.20 Å². The minimum absolute atomic E-state index is 0.0274. The minimum atomic E-state index is -0.0274. The van der Waals surface area contributed by atoms with Gasteiger partial charge in [0.05, 0.1) is 11.7 Å². The summed E-state index contributed by atoms with van der Waals surface area (Å²) in [6, 6.07) is 1.57. The fourth-order valence-electron chi connectivity index (χ4n) is 0.882. The maximum atomic E-state index is 10.6. The predicted molar refractivity (Wildman–Crippen MR) is 50.4 cm³/mol. The Kier molecular flexibility index (Phi) is 3.25. The van der Waals surface area contributed by atoms with Crippen LogP contribution < -0.4 is 4.74 Å². The molecule has 0 spiro atoms. The molecule has 1 rings (SSSR count). The predicted octanol–water partition coefficient (Wildman–Crippen LogP) is 2.33. The normalized spacial score (nSPS) is 10.2. The molecule has 0 aromatic carbocycles. The van der Waals surface area contributed by atoms with Gasteiger partial charge in [0.1, 0.15) is 0 Å². The molecule has 0 amide bonds. The Morgan fingerprint density at radius 2 is 2.31 bits per heavy atom. The van der Waals surface area contributed by atoms with Gasteiger partial charge in [-0.05, 0) is 19.9 Å². The number of pyridine rings is 1. The summed E-state index contributed by atoms with van der Waals surface area (Å²) >= 11 is 5.76. The molecule has 1 aromatic rings. The van der Waals surface area contributed by atoms with Gasteiger partial charge in [-0.1, -0.05) is 11.6 Å². The molecule has 70 valence electrons. The molecule has 0 aliphatic heterocycles. The van der Waals surface area contributed by atoms with Gasteiger partial charge >= 0.3 is 0 Å². The van der Waals surface area contributed by atoms with Crippen LogP contribution in [0.5, 0.6) is 5.75 Å². The molecule has 0 N–H and O–H groups in total. The van der Waals surface area contributed by atoms with Crippen molar-refractivity contribution in [1.82, 2.24) is 4.98 Å². The van der Waals surface area contributed by atoms with E-state index in [1.807, 2.05) is 13.8 Å². The van der Waals surface area contributed by atoms with E-state index < -0.39 is 0 Å². The lowest BCUT2D eigenvalue weighted by atomic mass is 10.3. The zero-order chi connectivity index (χ0) is 9.84. The SMILES string of the molecule is CC(C)Oc1c(C=O)ccnc1Cl. The van der Waals surface area contributed by atoms with E-state index in [9.17, 15) is 4.79 Å². The van der Waals surface area contributed by atoms with E-state index in [0.29, 0.717) is 17.6 Å². The average molecular weight is 200 g/mol. The largest absolute Gasteiger partial charge is 0.487 e. The van der Waals surface area contributed by atoms with Crippen LogP contribution >= 0.6 is 11.6 Å². The molecule has 0 aliphatic carbocycles. The lowest BCUT2D eigenvalue weighted by Gasteiger charge is -2.11. The summed E-state index contributed by atoms with van der Waals surface area (Å²) in [5.41, 5.74) is 0.425. The highest BCUT2D eigenvalue weighted by atomic mass is 35.5. The highest BCUT2D eigenvalue weighted by molar-refractivity contribution is 6.31. The summed E-state index contributed by atoms with van der Waals surface area (Å²) in [5.74, 6) is 0.356. The summed E-state index contributed by atoms with van der Waals surface area (Å²) in [7, 11) is 0. The van der Waals surface area contributed by atoms with E-state index in [1.54, 1.807) is 6.07 Å². The third kappa shape index (κ3) is 2.42. The monoisotopic (exact) mass is 199 g/mol. The molecular weight excluding hydrogens is 190 g/mol. The maximum absolute atomic E-state index is 10.6. The third-order valence-corrected chi connectivity index (χ3v) is 1.64. The fourth-order valence-corrected chi connectivity index (χ4v) is 1.09. The standard InChI is InChI=1S/C9H10ClNO2/c1-6(2)13-8-7(5-12)3-4-11-9(8)10/h3-6H,1-2H3. The quantitative estimate of drug-likeness (QED) is 0.554. The summed E-state index contributed by atoms with van der Waals surface area (Å²) in [6.07, 6.45) is 2.14. The molecule has 0 radical (unpaired) electrons. The Bertz CT molecular complexity index is 312. The van der Waals surface area contributed by atoms with Crippen molar-refractivity contribution in [3.8, 4) is 5.75 Å². The number of hydrogen-bond donors (Lipinski definition) is 0. The van der Waals surface area contributed by atoms with Crippen molar-refractivity contribution in [3.63, 3.8) is 0 Å². The second-order valence-corrected chi connectivity index (χ2v) is 3.16. The molecule has 0 aliphatic rings. The summed E-state index contributed by atoms with van der Waals surface area (Å²) in [5, 5.41) is 0.221. The van der Waals surface area contributed by atoms with Gasteiger partial charge in [0.25, 0.3) is 0 Å². The van der Waals surface area contributed by atoms with Crippen molar-refractivity contribution in [1.29, 1.82) is 0 Å². The number of nitrogens with zero attached hydrogens (tertiary/aromatic N) is 1. The number of carbonyl (C=O) groups is 1. The third-order valence-electron chi connectivity index (χ3n) is 1.37. The Hall–Kier alpha value is -1.09. The Balaban J connectivity index is 3.07. The molecule has 13 heavy (non-hydrogen) atoms. The van der Waals surface area contributed by atoms with Crippen molar-refractivity contribution < 1.29 is 9.53 Å². The average Bonchev–Trinajstić information content (AvgIpc) is 2.08. The number of aldehydes is 1. The lowest BCUT2D eigenvalue weighted by molar-refractivity contribution is 0.111. The molecule has 0 unspecified atom stereocenters. The van der Waals surface area contributed by atoms with E-state index >= 15 is 0 Å². The molecule has 0 atom stereocenters. The molecule has 0 saturated carbocycles. The number of halogens is 1. The molecule has 0 bridgehead atoms. The maximum Gasteiger partial charge on any atom is 0.171 e. The van der Waals surface area contributed by atoms with Crippen molar-refractivity contribution in [2.75, 3.05) is 0 Å². The first-order valence-corrected chi connectivity index (χ1v) is 4.29. The van der Waals surface area contributed by atoms with E-state index in [-0.39, 0.29) is 11.3 Å². The number of aromatic nitrogens is 1. The van der Waals surface area contributed by atoms with E-state index in [4.69, 9.17) is 16.3 Å². The van der Waals surface area contributed by atoms with E-state index in [2.05, 4.69) is 4.98 Å². The molecule has 4 heteroatoms. The van der Waals surface area contributed by atoms with Gasteiger partial charge in [-0.25, -0.2) is 4.98 Å². The molecule has 0 fully saturated rings. The minimum Gasteiger partial charge on any atom is -0.487 e. The zero-order valence-corrected chi connectivity index (χ0v) is 8.21. The lowest BCUT2D eigenvalue weighted by Crippen LogP contribution is -2.08. The van der Waals surface area contributed by atoms with Gasteiger partial charge in [0.2, 0.25) is 0 Å². The number of carbonyl (C=O) groups excluding carboxylic acids is 1. The van der Waals surface area contributed by atoms with Crippen LogP contribution in [0.1, 0.15) is 24.2 Å². The Labute approximate surface area is 81.7 Å². The molecule has 1 aromatic heterocycles. The Morgan fingerprint density at radius 3 is 2.85 bits per heavy atom. The van der Waals surface area contributed by atoms with Crippen molar-refractivity contribution in [2.45, 2.75) is 20.0 Å². The molecule has 3 nitrogen and oxygen atoms in total. The highest BCUT2D eigenvalue weighted by Crippen LogP contribution is 2.25. The van der Waals surface area contributed by atoms with Gasteiger partial charge in [-0.15, -0.1) is 0 Å². The van der Waals surface area contributed by atoms with Crippen molar-refractivity contribution >= 4 is 17.9 Å². The number of hydrogen-bond acceptors (Lipinski definition) is 3. The van der Waals surface area contributed by atoms with Crippen LogP contribution in [0, 0.1) is 0 Å². The molecule has 0 saturated heterocycles. The first kappa shape index (κ1) is 9.99. The first-order valence-electron chi connectivity index (χ1n) is 3.91. The van der Waals surface area contributed by atoms with Crippen LogP contribution in [0.3, 0.4) is 0 Å². The molecule has 1 heterocycles. The van der Waals surface area contributed by atoms with Crippen LogP contribution in [-0.4, -0.2) is 17.4 Å². The topological polar surface area (TPSA) is 39.2 Å². The van der Waals surface area contributed by atoms with Gasteiger partial charge in [-0.3, -0.25) is 4.79 Å². The number of rotatable bonds is 3. The van der Waals surface area contributed by atoms with Crippen LogP contribution in [0.4, 0.5) is 0 Å². The summed E-state index contributed by atoms with van der Waals surface area (Å²) in [6.45, 7) is 3.72. The van der Waals surface area contributed by atoms with E-state index in [0.717, 1.165) is 0 Å². The smallest absolute Gasteiger partial charge is 0.171 e. The number of ether oxygens (including phenoxy) is 1. The zero-order valence-electron chi connectivity index (χ0n) is 7.45. The highest BCUT2D eigenvalue weighted by Gasteiger charge is 2.09. The fraction of sp³-hybridized carbons (Fsp3) is 0.333. The Morgan fingerprint density at radius 1 is 1.62 bits per heavy atom. The summed E-state index contributed by atoms with van der Waals surface area (Å²) in [4.78, 5) is 14.4. The van der Waals surface area contributed by atoms with Crippen molar-refractivity contribution in [3.05, 3.63) is 23.0 Å². The second-order valence-electron chi connectivity index (χ2n) is 2.80. The van der Waals surface area contributed by atoms with Crippen LogP contribution in [0.25, 0.3) is 0 Å². The molecular formula is C9H10ClNO2. The summed E-state index contributed by atoms with van der Waals surface area (Å²) < 4.78 is 5.34. The van der Waals surface area contributed by atoms with Gasteiger partial charge in [0, 0.05) is 6.20 Å². The van der Waals surface area contributed by atoms with Gasteiger partial charge in [-0.2, -0.15) is 0 Å². The van der Waals surface area contributed by atoms with Crippen molar-refractivity contribution in [2.24, 2.45) is 0 Å². The first-order chi connectivity index (χ1) is 6.15. The van der Waals surface area contributed by atoms with Crippen LogP contribution in [-0.2, 0) is 0 Å². The van der Waals surface area contributed by atoms with Crippen LogP contribution in [0.2, 0.25) is 5.15 Å². The van der Waals surface area contributed by atoms with Gasteiger partial charge < -0.3 is 4.74 Å². The van der Waals surface area contributed by atoms with Crippen LogP contribution in [0.15, 0.2) is 12.3 Å². The van der Waals surface area contributed by atoms with Gasteiger partial charge in [0.15, 0.2) is 17.2 Å².